The number of rotatable bonds is 4. The van der Waals surface area contributed by atoms with Crippen LogP contribution in [0.2, 0.25) is 0 Å². The molecule has 152 valence electrons. The first-order valence-corrected chi connectivity index (χ1v) is 10.2. The molecule has 4 aromatic heterocycles. The highest BCUT2D eigenvalue weighted by Crippen LogP contribution is 2.26. The first-order valence-electron chi connectivity index (χ1n) is 10.2. The molecule has 6 nitrogen and oxygen atoms in total. The number of aromatic nitrogens is 4. The number of para-hydroxylation sites is 1. The number of nitrogens with zero attached hydrogens (tertiary/aromatic N) is 4. The van der Waals surface area contributed by atoms with Crippen LogP contribution < -0.4 is 10.9 Å². The van der Waals surface area contributed by atoms with Gasteiger partial charge in [0.15, 0.2) is 5.82 Å². The van der Waals surface area contributed by atoms with Crippen molar-refractivity contribution in [1.29, 1.82) is 0 Å². The maximum atomic E-state index is 13.6. The van der Waals surface area contributed by atoms with Crippen LogP contribution in [0.1, 0.15) is 24.2 Å². The Kier molecular flexibility index (Phi) is 4.67. The molecule has 1 atom stereocenters. The van der Waals surface area contributed by atoms with E-state index >= 15 is 0 Å². The summed E-state index contributed by atoms with van der Waals surface area (Å²) >= 11 is 0. The molecule has 1 unspecified atom stereocenters. The molecule has 0 spiro atoms. The van der Waals surface area contributed by atoms with Crippen molar-refractivity contribution in [2.75, 3.05) is 5.32 Å². The summed E-state index contributed by atoms with van der Waals surface area (Å²) in [6.45, 7) is 3.95. The van der Waals surface area contributed by atoms with Gasteiger partial charge in [0.05, 0.1) is 22.6 Å². The minimum Gasteiger partial charge on any atom is -0.360 e. The molecule has 0 saturated carbocycles. The summed E-state index contributed by atoms with van der Waals surface area (Å²) in [5.41, 5.74) is 3.92. The fourth-order valence-corrected chi connectivity index (χ4v) is 3.95. The summed E-state index contributed by atoms with van der Waals surface area (Å²) < 4.78 is 1.76. The van der Waals surface area contributed by atoms with Crippen LogP contribution in [0.5, 0.6) is 0 Å². The van der Waals surface area contributed by atoms with Crippen molar-refractivity contribution in [3.05, 3.63) is 101 Å². The Morgan fingerprint density at radius 3 is 2.55 bits per heavy atom. The topological polar surface area (TPSA) is 72.7 Å². The summed E-state index contributed by atoms with van der Waals surface area (Å²) in [4.78, 5) is 27.1. The van der Waals surface area contributed by atoms with Crippen LogP contribution in [-0.4, -0.2) is 19.5 Å². The van der Waals surface area contributed by atoms with Gasteiger partial charge in [0, 0.05) is 29.7 Å². The van der Waals surface area contributed by atoms with E-state index in [0.29, 0.717) is 16.7 Å². The molecule has 6 heteroatoms. The Morgan fingerprint density at radius 2 is 1.71 bits per heavy atom. The normalized spacial score (nSPS) is 12.2. The van der Waals surface area contributed by atoms with Gasteiger partial charge in [-0.2, -0.15) is 0 Å². The van der Waals surface area contributed by atoms with Crippen molar-refractivity contribution >= 4 is 27.6 Å². The van der Waals surface area contributed by atoms with E-state index in [9.17, 15) is 4.79 Å². The summed E-state index contributed by atoms with van der Waals surface area (Å²) in [6, 6.07) is 19.1. The fraction of sp³-hybridized carbons (Fsp3) is 0.120. The highest BCUT2D eigenvalue weighted by molar-refractivity contribution is 5.88. The van der Waals surface area contributed by atoms with Gasteiger partial charge in [-0.1, -0.05) is 24.3 Å². The van der Waals surface area contributed by atoms with Crippen LogP contribution in [0.4, 0.5) is 5.82 Å². The molecule has 4 heterocycles. The molecule has 5 aromatic rings. The van der Waals surface area contributed by atoms with E-state index in [0.717, 1.165) is 27.8 Å². The molecule has 0 amide bonds. The first-order chi connectivity index (χ1) is 15.1. The number of anilines is 1. The van der Waals surface area contributed by atoms with E-state index < -0.39 is 0 Å². The Morgan fingerprint density at radius 1 is 0.903 bits per heavy atom. The third kappa shape index (κ3) is 3.32. The van der Waals surface area contributed by atoms with E-state index in [1.54, 1.807) is 23.2 Å². The van der Waals surface area contributed by atoms with Crippen molar-refractivity contribution in [2.45, 2.75) is 19.9 Å². The molecule has 0 radical (unpaired) electrons. The Labute approximate surface area is 179 Å². The second-order valence-electron chi connectivity index (χ2n) is 7.53. The SMILES string of the molecule is Cc1ccnc2cc(C(C)Nc3nccc4cccnc34)n(-c3ccccc3)c(=O)c12. The summed E-state index contributed by atoms with van der Waals surface area (Å²) in [5.74, 6) is 0.676. The van der Waals surface area contributed by atoms with Crippen molar-refractivity contribution in [3.8, 4) is 5.69 Å². The van der Waals surface area contributed by atoms with E-state index in [-0.39, 0.29) is 11.6 Å². The minimum atomic E-state index is -0.222. The molecular weight excluding hydrogens is 386 g/mol. The lowest BCUT2D eigenvalue weighted by Gasteiger charge is -2.21. The molecule has 5 rings (SSSR count). The molecule has 0 fully saturated rings. The predicted octanol–water partition coefficient (Wildman–Crippen LogP) is 4.81. The fourth-order valence-electron chi connectivity index (χ4n) is 3.95. The first kappa shape index (κ1) is 18.9. The van der Waals surface area contributed by atoms with Crippen LogP contribution in [0, 0.1) is 6.92 Å². The zero-order valence-electron chi connectivity index (χ0n) is 17.3. The van der Waals surface area contributed by atoms with Gasteiger partial charge in [-0.15, -0.1) is 0 Å². The lowest BCUT2D eigenvalue weighted by atomic mass is 10.1. The zero-order chi connectivity index (χ0) is 21.4. The number of fused-ring (bicyclic) bond motifs is 2. The largest absolute Gasteiger partial charge is 0.360 e. The smallest absolute Gasteiger partial charge is 0.265 e. The number of nitrogens with one attached hydrogen (secondary N) is 1. The molecule has 0 aliphatic carbocycles. The van der Waals surface area contributed by atoms with Crippen molar-refractivity contribution in [1.82, 2.24) is 19.5 Å². The third-order valence-corrected chi connectivity index (χ3v) is 5.48. The standard InChI is InChI=1S/C25H21N5O/c1-16-10-13-26-20-15-21(30(25(31)22(16)20)19-8-4-3-5-9-19)17(2)29-24-23-18(11-14-28-24)7-6-12-27-23/h3-15,17H,1-2H3,(H,28,29). The number of aryl methyl sites for hydroxylation is 1. The van der Waals surface area contributed by atoms with Crippen LogP contribution in [0.3, 0.4) is 0 Å². The minimum absolute atomic E-state index is 0.0815. The van der Waals surface area contributed by atoms with Gasteiger partial charge in [-0.3, -0.25) is 19.3 Å². The van der Waals surface area contributed by atoms with Gasteiger partial charge >= 0.3 is 0 Å². The van der Waals surface area contributed by atoms with E-state index in [2.05, 4.69) is 20.3 Å². The molecule has 31 heavy (non-hydrogen) atoms. The van der Waals surface area contributed by atoms with Crippen LogP contribution in [0.15, 0.2) is 84.0 Å². The van der Waals surface area contributed by atoms with E-state index in [1.165, 1.54) is 0 Å². The Hall–Kier alpha value is -4.06. The van der Waals surface area contributed by atoms with E-state index in [4.69, 9.17) is 0 Å². The summed E-state index contributed by atoms with van der Waals surface area (Å²) in [7, 11) is 0. The Balaban J connectivity index is 1.71. The lowest BCUT2D eigenvalue weighted by Crippen LogP contribution is -2.26. The number of pyridine rings is 4. The van der Waals surface area contributed by atoms with Gasteiger partial charge in [0.25, 0.3) is 5.56 Å². The lowest BCUT2D eigenvalue weighted by molar-refractivity contribution is 0.773. The van der Waals surface area contributed by atoms with Gasteiger partial charge in [-0.05, 0) is 55.8 Å². The quantitative estimate of drug-likeness (QED) is 0.463. The predicted molar refractivity (Wildman–Crippen MR) is 124 cm³/mol. The van der Waals surface area contributed by atoms with Crippen LogP contribution >= 0.6 is 0 Å². The average molecular weight is 407 g/mol. The number of hydrogen-bond donors (Lipinski definition) is 1. The van der Waals surface area contributed by atoms with Crippen molar-refractivity contribution < 1.29 is 0 Å². The second-order valence-corrected chi connectivity index (χ2v) is 7.53. The molecule has 0 aliphatic rings. The third-order valence-electron chi connectivity index (χ3n) is 5.48. The number of hydrogen-bond acceptors (Lipinski definition) is 5. The maximum Gasteiger partial charge on any atom is 0.265 e. The number of benzene rings is 1. The molecule has 0 saturated heterocycles. The van der Waals surface area contributed by atoms with Crippen LogP contribution in [-0.2, 0) is 0 Å². The molecule has 1 aromatic carbocycles. The van der Waals surface area contributed by atoms with Gasteiger partial charge < -0.3 is 5.32 Å². The highest BCUT2D eigenvalue weighted by Gasteiger charge is 2.19. The zero-order valence-corrected chi connectivity index (χ0v) is 17.3. The van der Waals surface area contributed by atoms with Gasteiger partial charge in [0.1, 0.15) is 5.52 Å². The molecule has 1 N–H and O–H groups in total. The van der Waals surface area contributed by atoms with Crippen molar-refractivity contribution in [2.24, 2.45) is 0 Å². The highest BCUT2D eigenvalue weighted by atomic mass is 16.1. The molecule has 0 bridgehead atoms. The van der Waals surface area contributed by atoms with Gasteiger partial charge in [0.2, 0.25) is 0 Å². The van der Waals surface area contributed by atoms with Crippen LogP contribution in [0.25, 0.3) is 27.5 Å². The van der Waals surface area contributed by atoms with Crippen molar-refractivity contribution in [3.63, 3.8) is 0 Å². The maximum absolute atomic E-state index is 13.6. The Bertz CT molecular complexity index is 1450. The average Bonchev–Trinajstić information content (AvgIpc) is 2.79. The molecule has 0 aliphatic heterocycles. The van der Waals surface area contributed by atoms with Gasteiger partial charge in [-0.25, -0.2) is 4.98 Å². The second kappa shape index (κ2) is 7.65. The summed E-state index contributed by atoms with van der Waals surface area (Å²) in [6.07, 6.45) is 5.25. The summed E-state index contributed by atoms with van der Waals surface area (Å²) in [5, 5.41) is 5.09. The van der Waals surface area contributed by atoms with E-state index in [1.807, 2.05) is 74.5 Å². The monoisotopic (exact) mass is 407 g/mol. The molecular formula is C25H21N5O.